The second-order valence-corrected chi connectivity index (χ2v) is 5.12. The number of rotatable bonds is 5. The lowest BCUT2D eigenvalue weighted by atomic mass is 10.1. The van der Waals surface area contributed by atoms with Crippen LogP contribution in [0.15, 0.2) is 36.7 Å². The van der Waals surface area contributed by atoms with Gasteiger partial charge in [0.2, 0.25) is 0 Å². The van der Waals surface area contributed by atoms with Gasteiger partial charge in [-0.05, 0) is 37.1 Å². The van der Waals surface area contributed by atoms with Crippen LogP contribution in [0, 0.1) is 6.92 Å². The van der Waals surface area contributed by atoms with Crippen molar-refractivity contribution in [3.05, 3.63) is 52.8 Å². The number of hydrogen-bond donors (Lipinski definition) is 2. The molecule has 5 heteroatoms. The third kappa shape index (κ3) is 3.73. The Morgan fingerprint density at radius 1 is 1.29 bits per heavy atom. The first-order valence-corrected chi connectivity index (χ1v) is 7.25. The molecule has 0 saturated carbocycles. The lowest BCUT2D eigenvalue weighted by molar-refractivity contribution is 0.102. The Morgan fingerprint density at radius 2 is 2.10 bits per heavy atom. The third-order valence-electron chi connectivity index (χ3n) is 3.15. The topological polar surface area (TPSA) is 54.0 Å². The first-order valence-electron chi connectivity index (χ1n) is 6.87. The Kier molecular flexibility index (Phi) is 5.17. The number of benzene rings is 1. The van der Waals surface area contributed by atoms with Gasteiger partial charge in [0.05, 0.1) is 11.3 Å². The van der Waals surface area contributed by atoms with Gasteiger partial charge in [0, 0.05) is 29.6 Å². The van der Waals surface area contributed by atoms with E-state index in [2.05, 4.69) is 22.5 Å². The maximum atomic E-state index is 12.4. The Bertz CT molecular complexity index is 643. The molecule has 0 aliphatic rings. The summed E-state index contributed by atoms with van der Waals surface area (Å²) in [7, 11) is 0. The zero-order valence-corrected chi connectivity index (χ0v) is 12.9. The van der Waals surface area contributed by atoms with E-state index in [1.165, 1.54) is 0 Å². The molecule has 0 saturated heterocycles. The number of pyridine rings is 1. The van der Waals surface area contributed by atoms with Crippen LogP contribution >= 0.6 is 11.6 Å². The highest BCUT2D eigenvalue weighted by Crippen LogP contribution is 2.24. The van der Waals surface area contributed by atoms with Crippen molar-refractivity contribution < 1.29 is 4.79 Å². The zero-order valence-electron chi connectivity index (χ0n) is 12.1. The lowest BCUT2D eigenvalue weighted by Gasteiger charge is -2.13. The second-order valence-electron chi connectivity index (χ2n) is 4.71. The largest absolute Gasteiger partial charge is 0.384 e. The van der Waals surface area contributed by atoms with Gasteiger partial charge in [-0.2, -0.15) is 0 Å². The standard InChI is InChI=1S/C16H18ClN3O/c1-3-8-19-15-7-9-18-10-12(15)16(21)20-14-6-4-5-13(17)11(14)2/h4-7,9-10H,3,8H2,1-2H3,(H,18,19)(H,20,21). The lowest BCUT2D eigenvalue weighted by Crippen LogP contribution is -2.16. The van der Waals surface area contributed by atoms with Crippen molar-refractivity contribution in [2.24, 2.45) is 0 Å². The zero-order chi connectivity index (χ0) is 15.2. The van der Waals surface area contributed by atoms with Gasteiger partial charge in [0.1, 0.15) is 0 Å². The number of nitrogens with one attached hydrogen (secondary N) is 2. The molecular formula is C16H18ClN3O. The van der Waals surface area contributed by atoms with Crippen LogP contribution in [-0.4, -0.2) is 17.4 Å². The monoisotopic (exact) mass is 303 g/mol. The molecule has 4 nitrogen and oxygen atoms in total. The van der Waals surface area contributed by atoms with Crippen molar-refractivity contribution in [3.8, 4) is 0 Å². The maximum Gasteiger partial charge on any atom is 0.259 e. The van der Waals surface area contributed by atoms with Crippen LogP contribution < -0.4 is 10.6 Å². The highest BCUT2D eigenvalue weighted by molar-refractivity contribution is 6.31. The van der Waals surface area contributed by atoms with E-state index in [1.54, 1.807) is 24.5 Å². The minimum atomic E-state index is -0.202. The molecule has 1 aromatic heterocycles. The van der Waals surface area contributed by atoms with E-state index in [4.69, 9.17) is 11.6 Å². The highest BCUT2D eigenvalue weighted by Gasteiger charge is 2.13. The predicted octanol–water partition coefficient (Wildman–Crippen LogP) is 4.12. The number of hydrogen-bond acceptors (Lipinski definition) is 3. The molecule has 0 aliphatic carbocycles. The Hall–Kier alpha value is -2.07. The maximum absolute atomic E-state index is 12.4. The molecule has 0 spiro atoms. The molecule has 1 heterocycles. The Balaban J connectivity index is 2.22. The van der Waals surface area contributed by atoms with E-state index in [0.29, 0.717) is 16.3 Å². The van der Waals surface area contributed by atoms with Crippen LogP contribution in [-0.2, 0) is 0 Å². The minimum Gasteiger partial charge on any atom is -0.384 e. The van der Waals surface area contributed by atoms with Gasteiger partial charge < -0.3 is 10.6 Å². The number of amides is 1. The highest BCUT2D eigenvalue weighted by atomic mass is 35.5. The fourth-order valence-electron chi connectivity index (χ4n) is 1.92. The van der Waals surface area contributed by atoms with Crippen molar-refractivity contribution >= 4 is 28.9 Å². The van der Waals surface area contributed by atoms with Crippen molar-refractivity contribution in [1.29, 1.82) is 0 Å². The van der Waals surface area contributed by atoms with Gasteiger partial charge in [-0.15, -0.1) is 0 Å². The van der Waals surface area contributed by atoms with Gasteiger partial charge in [0.25, 0.3) is 5.91 Å². The van der Waals surface area contributed by atoms with E-state index in [9.17, 15) is 4.79 Å². The summed E-state index contributed by atoms with van der Waals surface area (Å²) in [5.41, 5.74) is 2.85. The molecule has 0 atom stereocenters. The molecular weight excluding hydrogens is 286 g/mol. The summed E-state index contributed by atoms with van der Waals surface area (Å²) in [6, 6.07) is 7.24. The van der Waals surface area contributed by atoms with Crippen molar-refractivity contribution in [2.75, 3.05) is 17.2 Å². The molecule has 21 heavy (non-hydrogen) atoms. The third-order valence-corrected chi connectivity index (χ3v) is 3.56. The summed E-state index contributed by atoms with van der Waals surface area (Å²) in [6.45, 7) is 4.75. The van der Waals surface area contributed by atoms with Gasteiger partial charge >= 0.3 is 0 Å². The van der Waals surface area contributed by atoms with Crippen molar-refractivity contribution in [1.82, 2.24) is 4.98 Å². The van der Waals surface area contributed by atoms with Crippen molar-refractivity contribution in [2.45, 2.75) is 20.3 Å². The first kappa shape index (κ1) is 15.3. The first-order chi connectivity index (χ1) is 10.1. The van der Waals surface area contributed by atoms with Crippen LogP contribution in [0.2, 0.25) is 5.02 Å². The van der Waals surface area contributed by atoms with Gasteiger partial charge in [-0.3, -0.25) is 9.78 Å². The number of aromatic nitrogens is 1. The molecule has 0 unspecified atom stereocenters. The summed E-state index contributed by atoms with van der Waals surface area (Å²) in [4.78, 5) is 16.5. The fourth-order valence-corrected chi connectivity index (χ4v) is 2.10. The molecule has 0 aliphatic heterocycles. The van der Waals surface area contributed by atoms with Gasteiger partial charge in [-0.25, -0.2) is 0 Å². The number of anilines is 2. The molecule has 2 aromatic rings. The van der Waals surface area contributed by atoms with E-state index in [-0.39, 0.29) is 5.91 Å². The summed E-state index contributed by atoms with van der Waals surface area (Å²) >= 11 is 6.07. The van der Waals surface area contributed by atoms with E-state index >= 15 is 0 Å². The SMILES string of the molecule is CCCNc1ccncc1C(=O)Nc1cccc(Cl)c1C. The number of nitrogens with zero attached hydrogens (tertiary/aromatic N) is 1. The predicted molar refractivity (Wildman–Crippen MR) is 87.2 cm³/mol. The van der Waals surface area contributed by atoms with Gasteiger partial charge in [0.15, 0.2) is 0 Å². The average molecular weight is 304 g/mol. The Morgan fingerprint density at radius 3 is 2.86 bits per heavy atom. The summed E-state index contributed by atoms with van der Waals surface area (Å²) in [5.74, 6) is -0.202. The van der Waals surface area contributed by atoms with E-state index < -0.39 is 0 Å². The number of carbonyl (C=O) groups excluding carboxylic acids is 1. The van der Waals surface area contributed by atoms with Gasteiger partial charge in [-0.1, -0.05) is 24.6 Å². The average Bonchev–Trinajstić information content (AvgIpc) is 2.50. The molecule has 0 radical (unpaired) electrons. The molecule has 2 N–H and O–H groups in total. The molecule has 0 fully saturated rings. The second kappa shape index (κ2) is 7.09. The van der Waals surface area contributed by atoms with Crippen LogP contribution in [0.1, 0.15) is 29.3 Å². The van der Waals surface area contributed by atoms with E-state index in [1.807, 2.05) is 19.1 Å². The van der Waals surface area contributed by atoms with Crippen LogP contribution in [0.4, 0.5) is 11.4 Å². The number of halogens is 1. The quantitative estimate of drug-likeness (QED) is 0.873. The summed E-state index contributed by atoms with van der Waals surface area (Å²) in [5, 5.41) is 6.74. The minimum absolute atomic E-state index is 0.202. The number of carbonyl (C=O) groups is 1. The smallest absolute Gasteiger partial charge is 0.259 e. The van der Waals surface area contributed by atoms with E-state index in [0.717, 1.165) is 24.2 Å². The normalized spacial score (nSPS) is 10.2. The van der Waals surface area contributed by atoms with Crippen LogP contribution in [0.5, 0.6) is 0 Å². The summed E-state index contributed by atoms with van der Waals surface area (Å²) in [6.07, 6.45) is 4.21. The van der Waals surface area contributed by atoms with Crippen LogP contribution in [0.3, 0.4) is 0 Å². The molecule has 1 amide bonds. The molecule has 110 valence electrons. The molecule has 2 rings (SSSR count). The summed E-state index contributed by atoms with van der Waals surface area (Å²) < 4.78 is 0. The Labute approximate surface area is 129 Å². The molecule has 1 aromatic carbocycles. The molecule has 0 bridgehead atoms. The van der Waals surface area contributed by atoms with Crippen molar-refractivity contribution in [3.63, 3.8) is 0 Å². The fraction of sp³-hybridized carbons (Fsp3) is 0.250. The van der Waals surface area contributed by atoms with Crippen LogP contribution in [0.25, 0.3) is 0 Å².